The Labute approximate surface area is 133 Å². The molecule has 0 nitrogen and oxygen atoms in total. The van der Waals surface area contributed by atoms with Gasteiger partial charge in [-0.2, -0.15) is 0 Å². The van der Waals surface area contributed by atoms with Gasteiger partial charge in [-0.25, -0.2) is 0 Å². The molecular weight excluding hydrogens is 210 g/mol. The average molecular weight is 213 g/mol. The Hall–Kier alpha value is 4.14. The quantitative estimate of drug-likeness (QED) is 0.473. The van der Waals surface area contributed by atoms with Crippen LogP contribution in [0.5, 0.6) is 0 Å². The number of hydrogen-bond acceptors (Lipinski definition) is 0. The van der Waals surface area contributed by atoms with Crippen LogP contribution in [0, 0.1) is 0 Å². The fourth-order valence-corrected chi connectivity index (χ4v) is 0. The van der Waals surface area contributed by atoms with E-state index in [1.165, 1.54) is 0 Å². The molecule has 0 aromatic rings. The van der Waals surface area contributed by atoms with Crippen molar-refractivity contribution in [3.8, 4) is 0 Å². The van der Waals surface area contributed by atoms with E-state index in [4.69, 9.17) is 0 Å². The fourth-order valence-electron chi connectivity index (χ4n) is 0. The summed E-state index contributed by atoms with van der Waals surface area (Å²) in [5.41, 5.74) is 0. The molecule has 0 aromatic heterocycles. The van der Waals surface area contributed by atoms with Gasteiger partial charge in [0, 0.05) is 116 Å². The van der Waals surface area contributed by atoms with Crippen molar-refractivity contribution in [2.24, 2.45) is 0 Å². The summed E-state index contributed by atoms with van der Waals surface area (Å²) < 4.78 is 0. The molecule has 0 rings (SSSR count). The molecule has 0 aliphatic carbocycles. The van der Waals surface area contributed by atoms with Gasteiger partial charge in [-0.3, -0.25) is 0 Å². The molecule has 0 atom stereocenters. The van der Waals surface area contributed by atoms with Crippen molar-refractivity contribution in [2.45, 2.75) is 5.79 Å². The molecule has 0 saturated carbocycles. The third-order valence-electron chi connectivity index (χ3n) is 0. The second-order valence-corrected chi connectivity index (χ2v) is 0. The maximum atomic E-state index is 2.42. The molecule has 4 heavy (non-hydrogen) atoms. The van der Waals surface area contributed by atoms with E-state index in [2.05, 4.69) is 16.3 Å². The predicted octanol–water partition coefficient (Wildman–Crippen LogP) is -0.559. The van der Waals surface area contributed by atoms with Gasteiger partial charge in [-0.05, 0) is 0 Å². The summed E-state index contributed by atoms with van der Waals surface area (Å²) in [4.78, 5) is 0. The van der Waals surface area contributed by atoms with Gasteiger partial charge >= 0.3 is 0 Å². The molecule has 0 saturated heterocycles. The maximum Gasteiger partial charge on any atom is 0.112 e. The molecular formula is CH3AlRb2. The van der Waals surface area contributed by atoms with Crippen molar-refractivity contribution >= 4 is 133 Å². The molecule has 12 valence electrons. The van der Waals surface area contributed by atoms with Crippen LogP contribution in [-0.4, -0.2) is 133 Å². The Morgan fingerprint density at radius 3 is 1.00 bits per heavy atom. The predicted molar refractivity (Wildman–Crippen MR) is 23.1 cm³/mol. The summed E-state index contributed by atoms with van der Waals surface area (Å²) in [6.07, 6.45) is 0. The van der Waals surface area contributed by atoms with Crippen LogP contribution in [0.3, 0.4) is 0 Å². The third-order valence-corrected chi connectivity index (χ3v) is 0. The summed E-state index contributed by atoms with van der Waals surface area (Å²) >= 11 is 2.42. The summed E-state index contributed by atoms with van der Waals surface area (Å²) in [5, 5.41) is 0. The Morgan fingerprint density at radius 1 is 1.00 bits per heavy atom. The largest absolute Gasteiger partial charge is 0.128 e. The van der Waals surface area contributed by atoms with E-state index in [1.54, 1.807) is 0 Å². The molecule has 0 fully saturated rings. The van der Waals surface area contributed by atoms with Crippen LogP contribution in [0.25, 0.3) is 0 Å². The van der Waals surface area contributed by atoms with Crippen molar-refractivity contribution in [1.29, 1.82) is 0 Å². The zero-order valence-corrected chi connectivity index (χ0v) is 14.6. The standard InChI is InChI=1S/CH3.Al.2Rb/h1H3;;;. The van der Waals surface area contributed by atoms with Gasteiger partial charge in [-0.15, -0.1) is 5.79 Å². The summed E-state index contributed by atoms with van der Waals surface area (Å²) in [5.74, 6) is 1.92. The van der Waals surface area contributed by atoms with Gasteiger partial charge in [0.25, 0.3) is 0 Å². The second-order valence-electron chi connectivity index (χ2n) is 0. The Balaban J connectivity index is -0.00000000500. The van der Waals surface area contributed by atoms with Crippen molar-refractivity contribution < 1.29 is 0 Å². The van der Waals surface area contributed by atoms with E-state index in [0.29, 0.717) is 0 Å². The summed E-state index contributed by atoms with van der Waals surface area (Å²) in [7, 11) is 0. The molecule has 3 heteroatoms. The Morgan fingerprint density at radius 2 is 1.00 bits per heavy atom. The monoisotopic (exact) mass is 212 g/mol. The molecule has 0 N–H and O–H groups in total. The van der Waals surface area contributed by atoms with E-state index in [1.807, 2.05) is 5.79 Å². The Bertz CT molecular complexity index is 6.00. The van der Waals surface area contributed by atoms with Crippen LogP contribution < -0.4 is 0 Å². The van der Waals surface area contributed by atoms with E-state index in [9.17, 15) is 0 Å². The third kappa shape index (κ3) is 9.47. The van der Waals surface area contributed by atoms with Gasteiger partial charge in [0.1, 0.15) is 16.3 Å². The summed E-state index contributed by atoms with van der Waals surface area (Å²) in [6.45, 7) is 0. The zero-order valence-electron chi connectivity index (χ0n) is 3.58. The molecule has 4 radical (unpaired) electrons. The van der Waals surface area contributed by atoms with Crippen LogP contribution >= 0.6 is 0 Å². The SMILES string of the molecule is [CH3][Al].[Rb].[Rb]. The van der Waals surface area contributed by atoms with Crippen LogP contribution in [0.4, 0.5) is 0 Å². The van der Waals surface area contributed by atoms with Gasteiger partial charge in [-0.1, -0.05) is 0 Å². The fraction of sp³-hybridized carbons (Fsp3) is 1.00. The first-order chi connectivity index (χ1) is 1.00. The van der Waals surface area contributed by atoms with Gasteiger partial charge < -0.3 is 0 Å². The minimum Gasteiger partial charge on any atom is -0.128 e. The zero-order chi connectivity index (χ0) is 2.00. The van der Waals surface area contributed by atoms with Crippen LogP contribution in [0.15, 0.2) is 0 Å². The molecule has 0 aliphatic heterocycles. The topological polar surface area (TPSA) is 0 Å². The van der Waals surface area contributed by atoms with Crippen molar-refractivity contribution in [3.05, 3.63) is 0 Å². The normalized spacial score (nSPS) is 1.25. The van der Waals surface area contributed by atoms with Gasteiger partial charge in [0.2, 0.25) is 0 Å². The van der Waals surface area contributed by atoms with Crippen LogP contribution in [0.1, 0.15) is 0 Å². The van der Waals surface area contributed by atoms with Crippen molar-refractivity contribution in [3.63, 3.8) is 0 Å². The van der Waals surface area contributed by atoms with Crippen molar-refractivity contribution in [2.75, 3.05) is 0 Å². The van der Waals surface area contributed by atoms with Gasteiger partial charge in [0.15, 0.2) is 0 Å². The van der Waals surface area contributed by atoms with E-state index >= 15 is 0 Å². The first-order valence-electron chi connectivity index (χ1n) is 0.577. The molecule has 0 spiro atoms. The van der Waals surface area contributed by atoms with Crippen LogP contribution in [-0.2, 0) is 0 Å². The maximum absolute atomic E-state index is 2.42. The molecule has 0 aromatic carbocycles. The number of hydrogen-bond donors (Lipinski definition) is 0. The molecule has 0 aliphatic rings. The van der Waals surface area contributed by atoms with E-state index in [-0.39, 0.29) is 116 Å². The molecule has 0 amide bonds. The molecule has 0 heterocycles. The average Bonchev–Trinajstić information content (AvgIpc) is 1.00. The van der Waals surface area contributed by atoms with Crippen molar-refractivity contribution in [1.82, 2.24) is 0 Å². The Kier molecular flexibility index (Phi) is 61.7. The summed E-state index contributed by atoms with van der Waals surface area (Å²) in [6, 6.07) is 0. The number of rotatable bonds is 0. The molecule has 0 bridgehead atoms. The second kappa shape index (κ2) is 15.7. The van der Waals surface area contributed by atoms with E-state index < -0.39 is 0 Å². The molecule has 0 unspecified atom stereocenters. The minimum absolute atomic E-state index is 0. The van der Waals surface area contributed by atoms with E-state index in [0.717, 1.165) is 0 Å². The minimum atomic E-state index is 0. The smallest absolute Gasteiger partial charge is 0.112 e. The van der Waals surface area contributed by atoms with Crippen LogP contribution in [0.2, 0.25) is 5.79 Å². The first-order valence-corrected chi connectivity index (χ1v) is 1.73. The first kappa shape index (κ1) is 15.7. The van der Waals surface area contributed by atoms with Gasteiger partial charge in [0.05, 0.1) is 0 Å².